The number of hydrogen-bond donors (Lipinski definition) is 2. The maximum absolute atomic E-state index is 13.8. The lowest BCUT2D eigenvalue weighted by atomic mass is 10.1. The summed E-state index contributed by atoms with van der Waals surface area (Å²) in [6.45, 7) is 3.15. The minimum atomic E-state index is -0.367. The molecule has 0 radical (unpaired) electrons. The Kier molecular flexibility index (Phi) is 9.12. The Balaban J connectivity index is 1.82. The van der Waals surface area contributed by atoms with Crippen LogP contribution in [0.4, 0.5) is 4.39 Å². The van der Waals surface area contributed by atoms with Crippen LogP contribution in [0.5, 0.6) is 5.75 Å². The van der Waals surface area contributed by atoms with E-state index in [2.05, 4.69) is 15.6 Å². The molecule has 1 atom stereocenters. The lowest BCUT2D eigenvalue weighted by molar-refractivity contribution is 0.0827. The third-order valence-electron chi connectivity index (χ3n) is 4.59. The number of ether oxygens (including phenoxy) is 1. The molecular formula is C23H31FN4O2. The fourth-order valence-electron chi connectivity index (χ4n) is 2.86. The number of benzene rings is 2. The van der Waals surface area contributed by atoms with E-state index in [9.17, 15) is 9.18 Å². The van der Waals surface area contributed by atoms with Gasteiger partial charge in [0.25, 0.3) is 5.91 Å². The molecule has 0 spiro atoms. The maximum Gasteiger partial charge on any atom is 0.253 e. The van der Waals surface area contributed by atoms with Gasteiger partial charge in [0, 0.05) is 33.3 Å². The van der Waals surface area contributed by atoms with Gasteiger partial charge in [-0.3, -0.25) is 9.79 Å². The number of nitrogens with one attached hydrogen (secondary N) is 2. The third-order valence-corrected chi connectivity index (χ3v) is 4.59. The van der Waals surface area contributed by atoms with Crippen molar-refractivity contribution in [1.29, 1.82) is 0 Å². The van der Waals surface area contributed by atoms with Gasteiger partial charge in [-0.1, -0.05) is 31.2 Å². The molecule has 0 aliphatic carbocycles. The molecule has 2 N–H and O–H groups in total. The number of amides is 1. The van der Waals surface area contributed by atoms with Crippen LogP contribution < -0.4 is 15.4 Å². The molecule has 2 rings (SSSR count). The second kappa shape index (κ2) is 11.8. The van der Waals surface area contributed by atoms with Crippen LogP contribution >= 0.6 is 0 Å². The Labute approximate surface area is 178 Å². The van der Waals surface area contributed by atoms with Crippen LogP contribution in [-0.4, -0.2) is 57.1 Å². The number of hydrogen-bond acceptors (Lipinski definition) is 3. The zero-order valence-corrected chi connectivity index (χ0v) is 18.1. The lowest BCUT2D eigenvalue weighted by Crippen LogP contribution is -2.43. The summed E-state index contributed by atoms with van der Waals surface area (Å²) in [4.78, 5) is 17.9. The van der Waals surface area contributed by atoms with Crippen molar-refractivity contribution in [3.05, 3.63) is 65.5 Å². The van der Waals surface area contributed by atoms with Gasteiger partial charge in [-0.15, -0.1) is 0 Å². The van der Waals surface area contributed by atoms with Gasteiger partial charge in [-0.2, -0.15) is 0 Å². The number of halogens is 1. The first-order valence-electron chi connectivity index (χ1n) is 10.1. The molecule has 2 aromatic carbocycles. The van der Waals surface area contributed by atoms with E-state index < -0.39 is 0 Å². The summed E-state index contributed by atoms with van der Waals surface area (Å²) in [5, 5.41) is 6.48. The summed E-state index contributed by atoms with van der Waals surface area (Å²) in [7, 11) is 5.18. The highest BCUT2D eigenvalue weighted by Crippen LogP contribution is 2.17. The monoisotopic (exact) mass is 414 g/mol. The Bertz CT molecular complexity index is 855. The molecule has 0 saturated heterocycles. The van der Waals surface area contributed by atoms with Gasteiger partial charge >= 0.3 is 0 Å². The highest BCUT2D eigenvalue weighted by atomic mass is 19.1. The van der Waals surface area contributed by atoms with Crippen LogP contribution in [0.25, 0.3) is 0 Å². The van der Waals surface area contributed by atoms with E-state index >= 15 is 0 Å². The molecule has 0 heterocycles. The van der Waals surface area contributed by atoms with Gasteiger partial charge < -0.3 is 20.3 Å². The number of carbonyl (C=O) groups is 1. The highest BCUT2D eigenvalue weighted by Gasteiger charge is 2.12. The minimum Gasteiger partial charge on any atom is -0.486 e. The fraction of sp³-hybridized carbons (Fsp3) is 0.391. The van der Waals surface area contributed by atoms with Gasteiger partial charge in [0.2, 0.25) is 0 Å². The second-order valence-corrected chi connectivity index (χ2v) is 7.11. The fourth-order valence-corrected chi connectivity index (χ4v) is 2.86. The van der Waals surface area contributed by atoms with Crippen LogP contribution in [0, 0.1) is 5.82 Å². The molecule has 7 heteroatoms. The quantitative estimate of drug-likeness (QED) is 0.489. The lowest BCUT2D eigenvalue weighted by Gasteiger charge is -2.20. The molecule has 0 aliphatic heterocycles. The van der Waals surface area contributed by atoms with E-state index in [4.69, 9.17) is 4.74 Å². The number of rotatable bonds is 9. The molecule has 0 fully saturated rings. The van der Waals surface area contributed by atoms with Crippen LogP contribution in [0.3, 0.4) is 0 Å². The van der Waals surface area contributed by atoms with Crippen molar-refractivity contribution < 1.29 is 13.9 Å². The van der Waals surface area contributed by atoms with E-state index in [0.717, 1.165) is 18.4 Å². The van der Waals surface area contributed by atoms with Crippen LogP contribution in [0.1, 0.15) is 29.3 Å². The summed E-state index contributed by atoms with van der Waals surface area (Å²) in [5.74, 6) is 0.517. The predicted octanol–water partition coefficient (Wildman–Crippen LogP) is 3.09. The summed E-state index contributed by atoms with van der Waals surface area (Å²) < 4.78 is 19.6. The average Bonchev–Trinajstić information content (AvgIpc) is 2.75. The van der Waals surface area contributed by atoms with Crippen LogP contribution in [0.2, 0.25) is 0 Å². The molecule has 1 unspecified atom stereocenters. The smallest absolute Gasteiger partial charge is 0.253 e. The van der Waals surface area contributed by atoms with Crippen molar-refractivity contribution in [3.8, 4) is 5.75 Å². The first kappa shape index (κ1) is 23.2. The number of guanidine groups is 1. The largest absolute Gasteiger partial charge is 0.486 e. The molecule has 0 saturated carbocycles. The predicted molar refractivity (Wildman–Crippen MR) is 119 cm³/mol. The molecule has 6 nitrogen and oxygen atoms in total. The molecule has 0 aromatic heterocycles. The molecule has 0 bridgehead atoms. The zero-order chi connectivity index (χ0) is 21.9. The van der Waals surface area contributed by atoms with Crippen LogP contribution in [-0.2, 0) is 6.42 Å². The number of carbonyl (C=O) groups excluding carboxylic acids is 1. The van der Waals surface area contributed by atoms with Gasteiger partial charge in [0.1, 0.15) is 6.10 Å². The number of para-hydroxylation sites is 1. The van der Waals surface area contributed by atoms with Gasteiger partial charge in [-0.25, -0.2) is 4.39 Å². The van der Waals surface area contributed by atoms with Crippen molar-refractivity contribution in [1.82, 2.24) is 15.5 Å². The summed E-state index contributed by atoms with van der Waals surface area (Å²) in [6.07, 6.45) is 1.29. The first-order chi connectivity index (χ1) is 14.4. The standard InChI is InChI=1S/C23H31FN4O2/c1-5-19(30-21-12-7-6-11-20(21)24)16-27-23(25-2)26-14-13-17-9-8-10-18(15-17)22(29)28(3)4/h6-12,15,19H,5,13-14,16H2,1-4H3,(H2,25,26,27). The summed E-state index contributed by atoms with van der Waals surface area (Å²) >= 11 is 0. The van der Waals surface area contributed by atoms with Crippen LogP contribution in [0.15, 0.2) is 53.5 Å². The molecule has 162 valence electrons. The normalized spacial score (nSPS) is 12.2. The van der Waals surface area contributed by atoms with Gasteiger partial charge in [-0.05, 0) is 42.7 Å². The zero-order valence-electron chi connectivity index (χ0n) is 18.1. The molecule has 1 amide bonds. The Morgan fingerprint density at radius 2 is 1.93 bits per heavy atom. The van der Waals surface area contributed by atoms with Crippen molar-refractivity contribution in [2.24, 2.45) is 4.99 Å². The Morgan fingerprint density at radius 1 is 1.17 bits per heavy atom. The Hall–Kier alpha value is -3.09. The van der Waals surface area contributed by atoms with Gasteiger partial charge in [0.15, 0.2) is 17.5 Å². The van der Waals surface area contributed by atoms with Crippen molar-refractivity contribution in [2.75, 3.05) is 34.2 Å². The maximum atomic E-state index is 13.8. The third kappa shape index (κ3) is 7.06. The van der Waals surface area contributed by atoms with Crippen molar-refractivity contribution in [2.45, 2.75) is 25.9 Å². The molecule has 30 heavy (non-hydrogen) atoms. The second-order valence-electron chi connectivity index (χ2n) is 7.11. The van der Waals surface area contributed by atoms with E-state index in [-0.39, 0.29) is 23.6 Å². The first-order valence-corrected chi connectivity index (χ1v) is 10.1. The van der Waals surface area contributed by atoms with Crippen molar-refractivity contribution in [3.63, 3.8) is 0 Å². The van der Waals surface area contributed by atoms with Gasteiger partial charge in [0.05, 0.1) is 6.54 Å². The highest BCUT2D eigenvalue weighted by molar-refractivity contribution is 5.94. The molecule has 2 aromatic rings. The van der Waals surface area contributed by atoms with E-state index in [1.807, 2.05) is 31.2 Å². The minimum absolute atomic E-state index is 0.0113. The topological polar surface area (TPSA) is 66.0 Å². The molecular weight excluding hydrogens is 383 g/mol. The van der Waals surface area contributed by atoms with E-state index in [1.165, 1.54) is 6.07 Å². The average molecular weight is 415 g/mol. The SMILES string of the molecule is CCC(CNC(=NC)NCCc1cccc(C(=O)N(C)C)c1)Oc1ccccc1F. The van der Waals surface area contributed by atoms with E-state index in [1.54, 1.807) is 44.2 Å². The summed E-state index contributed by atoms with van der Waals surface area (Å²) in [5.41, 5.74) is 1.75. The molecule has 0 aliphatic rings. The Morgan fingerprint density at radius 3 is 2.60 bits per heavy atom. The summed E-state index contributed by atoms with van der Waals surface area (Å²) in [6, 6.07) is 14.0. The van der Waals surface area contributed by atoms with E-state index in [0.29, 0.717) is 24.6 Å². The number of aliphatic imine (C=N–C) groups is 1. The number of nitrogens with zero attached hydrogens (tertiary/aromatic N) is 2. The van der Waals surface area contributed by atoms with Crippen molar-refractivity contribution >= 4 is 11.9 Å².